The van der Waals surface area contributed by atoms with E-state index in [1.165, 1.54) is 5.01 Å². The van der Waals surface area contributed by atoms with Crippen molar-refractivity contribution < 1.29 is 14.6 Å². The van der Waals surface area contributed by atoms with Crippen molar-refractivity contribution in [2.24, 2.45) is 5.10 Å². The third-order valence-corrected chi connectivity index (χ3v) is 5.81. The molecule has 3 aromatic rings. The van der Waals surface area contributed by atoms with E-state index in [9.17, 15) is 19.5 Å². The molecule has 0 bridgehead atoms. The Labute approximate surface area is 195 Å². The van der Waals surface area contributed by atoms with Crippen molar-refractivity contribution in [3.05, 3.63) is 85.6 Å². The summed E-state index contributed by atoms with van der Waals surface area (Å²) in [7, 11) is 1.57. The number of hydrogen-bond acceptors (Lipinski definition) is 6. The molecule has 2 N–H and O–H groups in total. The number of ether oxygens (including phenoxy) is 1. The van der Waals surface area contributed by atoms with E-state index in [0.29, 0.717) is 11.4 Å². The predicted molar refractivity (Wildman–Crippen MR) is 128 cm³/mol. The van der Waals surface area contributed by atoms with Crippen LogP contribution in [0.5, 0.6) is 11.6 Å². The second-order valence-electron chi connectivity index (χ2n) is 8.27. The molecule has 176 valence electrons. The van der Waals surface area contributed by atoms with Crippen LogP contribution in [0.25, 0.3) is 5.69 Å². The van der Waals surface area contributed by atoms with Crippen molar-refractivity contribution in [3.63, 3.8) is 0 Å². The number of aromatic amines is 1. The Kier molecular flexibility index (Phi) is 6.10. The third kappa shape index (κ3) is 4.12. The lowest BCUT2D eigenvalue weighted by atomic mass is 9.99. The minimum absolute atomic E-state index is 0.135. The number of hydrogen-bond donors (Lipinski definition) is 2. The highest BCUT2D eigenvalue weighted by atomic mass is 16.5. The average Bonchev–Trinajstić information content (AvgIpc) is 3.22. The molecule has 1 aliphatic heterocycles. The monoisotopic (exact) mass is 462 g/mol. The predicted octanol–water partition coefficient (Wildman–Crippen LogP) is 2.94. The van der Waals surface area contributed by atoms with Crippen molar-refractivity contribution in [1.82, 2.24) is 14.6 Å². The molecule has 1 amide bonds. The summed E-state index contributed by atoms with van der Waals surface area (Å²) < 4.78 is 6.26. The van der Waals surface area contributed by atoms with Crippen LogP contribution in [0.4, 0.5) is 0 Å². The van der Waals surface area contributed by atoms with E-state index in [-0.39, 0.29) is 30.0 Å². The quantitative estimate of drug-likeness (QED) is 0.605. The Morgan fingerprint density at radius 3 is 2.38 bits per heavy atom. The van der Waals surface area contributed by atoms with Gasteiger partial charge in [-0.05, 0) is 54.8 Å². The van der Waals surface area contributed by atoms with E-state index in [1.807, 2.05) is 32.0 Å². The van der Waals surface area contributed by atoms with Gasteiger partial charge in [0.05, 0.1) is 24.6 Å². The van der Waals surface area contributed by atoms with Gasteiger partial charge in [0, 0.05) is 12.8 Å². The van der Waals surface area contributed by atoms with Crippen molar-refractivity contribution in [2.45, 2.75) is 39.7 Å². The van der Waals surface area contributed by atoms with Crippen LogP contribution in [-0.4, -0.2) is 38.4 Å². The van der Waals surface area contributed by atoms with Gasteiger partial charge in [0.25, 0.3) is 5.56 Å². The first-order valence-corrected chi connectivity index (χ1v) is 10.9. The fourth-order valence-corrected chi connectivity index (χ4v) is 4.24. The highest BCUT2D eigenvalue weighted by Gasteiger charge is 2.35. The standard InChI is InChI=1S/C25H26N4O5/c1-5-21(30)29-20(16-6-8-18(34-4)9-7-16)13-19(27-29)22-23(31)26-25(33)28(24(22)32)17-11-14(2)10-15(3)12-17/h6-12,20,32H,5,13H2,1-4H3,(H,26,31,33)/t20-/m1/s1. The van der Waals surface area contributed by atoms with Gasteiger partial charge in [-0.25, -0.2) is 14.4 Å². The highest BCUT2D eigenvalue weighted by molar-refractivity contribution is 6.04. The van der Waals surface area contributed by atoms with E-state index in [2.05, 4.69) is 10.1 Å². The molecule has 0 radical (unpaired) electrons. The number of rotatable bonds is 5. The van der Waals surface area contributed by atoms with Crippen LogP contribution in [0.1, 0.15) is 48.1 Å². The molecule has 2 aromatic carbocycles. The normalized spacial score (nSPS) is 15.4. The number of H-pyrrole nitrogens is 1. The zero-order valence-corrected chi connectivity index (χ0v) is 19.5. The SMILES string of the molecule is CCC(=O)N1N=C(c2c(O)n(-c3cc(C)cc(C)c3)c(=O)[nH]c2=O)C[C@@H]1c1ccc(OC)cc1. The van der Waals surface area contributed by atoms with Gasteiger partial charge in [-0.3, -0.25) is 14.6 Å². The first kappa shape index (κ1) is 23.0. The molecule has 0 fully saturated rings. The number of aryl methyl sites for hydroxylation is 2. The minimum Gasteiger partial charge on any atom is -0.497 e. The van der Waals surface area contributed by atoms with Crippen LogP contribution in [0.15, 0.2) is 57.2 Å². The molecule has 9 nitrogen and oxygen atoms in total. The second kappa shape index (κ2) is 9.01. The van der Waals surface area contributed by atoms with Gasteiger partial charge in [-0.2, -0.15) is 5.10 Å². The largest absolute Gasteiger partial charge is 0.497 e. The Morgan fingerprint density at radius 1 is 1.15 bits per heavy atom. The van der Waals surface area contributed by atoms with Gasteiger partial charge in [0.2, 0.25) is 11.8 Å². The molecule has 0 aliphatic carbocycles. The number of benzene rings is 2. The zero-order valence-electron chi connectivity index (χ0n) is 19.5. The van der Waals surface area contributed by atoms with Gasteiger partial charge < -0.3 is 9.84 Å². The van der Waals surface area contributed by atoms with Gasteiger partial charge in [0.15, 0.2) is 0 Å². The summed E-state index contributed by atoms with van der Waals surface area (Å²) in [5.41, 5.74) is 1.58. The fourth-order valence-electron chi connectivity index (χ4n) is 4.24. The van der Waals surface area contributed by atoms with Gasteiger partial charge >= 0.3 is 5.69 Å². The van der Waals surface area contributed by atoms with E-state index in [1.54, 1.807) is 38.3 Å². The third-order valence-electron chi connectivity index (χ3n) is 5.81. The number of aromatic hydroxyl groups is 1. The summed E-state index contributed by atoms with van der Waals surface area (Å²) >= 11 is 0. The summed E-state index contributed by atoms with van der Waals surface area (Å²) in [5, 5.41) is 16.9. The maximum absolute atomic E-state index is 12.8. The Balaban J connectivity index is 1.84. The highest BCUT2D eigenvalue weighted by Crippen LogP contribution is 2.35. The van der Waals surface area contributed by atoms with Crippen LogP contribution in [0.3, 0.4) is 0 Å². The Bertz CT molecular complexity index is 1380. The molecule has 0 saturated heterocycles. The van der Waals surface area contributed by atoms with Gasteiger partial charge in [0.1, 0.15) is 11.3 Å². The Hall–Kier alpha value is -4.14. The lowest BCUT2D eigenvalue weighted by molar-refractivity contribution is -0.132. The zero-order chi connectivity index (χ0) is 24.6. The molecule has 4 rings (SSSR count). The maximum atomic E-state index is 12.8. The van der Waals surface area contributed by atoms with E-state index in [0.717, 1.165) is 21.3 Å². The Morgan fingerprint density at radius 2 is 1.79 bits per heavy atom. The number of methoxy groups -OCH3 is 1. The average molecular weight is 463 g/mol. The molecule has 2 heterocycles. The van der Waals surface area contributed by atoms with E-state index >= 15 is 0 Å². The van der Waals surface area contributed by atoms with Crippen LogP contribution in [0, 0.1) is 13.8 Å². The lowest BCUT2D eigenvalue weighted by Gasteiger charge is -2.21. The minimum atomic E-state index is -0.763. The second-order valence-corrected chi connectivity index (χ2v) is 8.27. The van der Waals surface area contributed by atoms with Crippen molar-refractivity contribution >= 4 is 11.6 Å². The number of nitrogens with one attached hydrogen (secondary N) is 1. The molecule has 0 spiro atoms. The molecule has 0 unspecified atom stereocenters. The fraction of sp³-hybridized carbons (Fsp3) is 0.280. The first-order valence-electron chi connectivity index (χ1n) is 10.9. The van der Waals surface area contributed by atoms with E-state index in [4.69, 9.17) is 4.74 Å². The molecular formula is C25H26N4O5. The van der Waals surface area contributed by atoms with E-state index < -0.39 is 23.2 Å². The number of aromatic nitrogens is 2. The molecule has 1 aromatic heterocycles. The molecule has 9 heteroatoms. The lowest BCUT2D eigenvalue weighted by Crippen LogP contribution is -2.33. The maximum Gasteiger partial charge on any atom is 0.335 e. The molecule has 1 atom stereocenters. The van der Waals surface area contributed by atoms with Crippen molar-refractivity contribution in [1.29, 1.82) is 0 Å². The summed E-state index contributed by atoms with van der Waals surface area (Å²) in [4.78, 5) is 40.4. The number of carbonyl (C=O) groups excluding carboxylic acids is 1. The number of amides is 1. The summed E-state index contributed by atoms with van der Waals surface area (Å²) in [6.45, 7) is 5.48. The number of carbonyl (C=O) groups is 1. The summed E-state index contributed by atoms with van der Waals surface area (Å²) in [5.74, 6) is -0.0722. The van der Waals surface area contributed by atoms with Crippen LogP contribution < -0.4 is 16.0 Å². The molecule has 0 saturated carbocycles. The number of nitrogens with zero attached hydrogens (tertiary/aromatic N) is 3. The van der Waals surface area contributed by atoms with Gasteiger partial charge in [-0.1, -0.05) is 25.1 Å². The van der Waals surface area contributed by atoms with Crippen molar-refractivity contribution in [3.8, 4) is 17.3 Å². The number of hydrazone groups is 1. The van der Waals surface area contributed by atoms with Gasteiger partial charge in [-0.15, -0.1) is 0 Å². The smallest absolute Gasteiger partial charge is 0.335 e. The summed E-state index contributed by atoms with van der Waals surface area (Å²) in [6.07, 6.45) is 0.410. The molecule has 1 aliphatic rings. The summed E-state index contributed by atoms with van der Waals surface area (Å²) in [6, 6.07) is 12.2. The topological polar surface area (TPSA) is 117 Å². The first-order chi connectivity index (χ1) is 16.2. The van der Waals surface area contributed by atoms with Crippen molar-refractivity contribution in [2.75, 3.05) is 7.11 Å². The van der Waals surface area contributed by atoms with Crippen LogP contribution >= 0.6 is 0 Å². The van der Waals surface area contributed by atoms with Crippen LogP contribution in [-0.2, 0) is 4.79 Å². The van der Waals surface area contributed by atoms with Crippen LogP contribution in [0.2, 0.25) is 0 Å². The molecular weight excluding hydrogens is 436 g/mol. The molecule has 34 heavy (non-hydrogen) atoms.